The Morgan fingerprint density at radius 2 is 2.03 bits per heavy atom. The number of imide groups is 1. The topological polar surface area (TPSA) is 108 Å². The van der Waals surface area contributed by atoms with Crippen LogP contribution in [-0.4, -0.2) is 63.9 Å². The minimum absolute atomic E-state index is 0.0663. The van der Waals surface area contributed by atoms with E-state index in [9.17, 15) is 14.4 Å². The van der Waals surface area contributed by atoms with Crippen molar-refractivity contribution in [3.05, 3.63) is 18.5 Å². The maximum atomic E-state index is 13.0. The highest BCUT2D eigenvalue weighted by Gasteiger charge is 2.55. The van der Waals surface area contributed by atoms with Crippen LogP contribution in [0, 0.1) is 5.92 Å². The Balaban J connectivity index is 1.36. The summed E-state index contributed by atoms with van der Waals surface area (Å²) in [4.78, 5) is 49.7. The number of piperidine rings is 1. The molecule has 0 aromatic carbocycles. The molecule has 29 heavy (non-hydrogen) atoms. The van der Waals surface area contributed by atoms with E-state index in [1.54, 1.807) is 18.5 Å². The second kappa shape index (κ2) is 7.96. The molecule has 1 spiro atoms. The first-order valence-corrected chi connectivity index (χ1v) is 10.4. The van der Waals surface area contributed by atoms with E-state index < -0.39 is 11.6 Å². The summed E-state index contributed by atoms with van der Waals surface area (Å²) in [7, 11) is 0. The van der Waals surface area contributed by atoms with Crippen molar-refractivity contribution in [2.45, 2.75) is 57.0 Å². The average Bonchev–Trinajstić information content (AvgIpc) is 2.96. The van der Waals surface area contributed by atoms with Gasteiger partial charge in [0.2, 0.25) is 11.9 Å². The third kappa shape index (κ3) is 3.77. The highest BCUT2D eigenvalue weighted by Crippen LogP contribution is 2.38. The van der Waals surface area contributed by atoms with Crippen molar-refractivity contribution in [2.75, 3.05) is 24.5 Å². The molecule has 1 aromatic rings. The molecule has 3 aliphatic rings. The molecule has 3 fully saturated rings. The molecule has 4 amide bonds. The summed E-state index contributed by atoms with van der Waals surface area (Å²) in [6.45, 7) is 3.21. The third-order valence-corrected chi connectivity index (χ3v) is 6.42. The molecule has 1 aromatic heterocycles. The molecule has 2 N–H and O–H groups in total. The van der Waals surface area contributed by atoms with Crippen LogP contribution in [0.4, 0.5) is 10.7 Å². The molecule has 1 aliphatic carbocycles. The first kappa shape index (κ1) is 19.6. The minimum atomic E-state index is -0.831. The Labute approximate surface area is 170 Å². The third-order valence-electron chi connectivity index (χ3n) is 6.42. The SMILES string of the molecule is CC1CCCCC12NC(=O)N(CC(=O)NC1CCCN(c3ncccn3)C1)C2=O. The summed E-state index contributed by atoms with van der Waals surface area (Å²) in [5.74, 6) is 0.162. The maximum absolute atomic E-state index is 13.0. The van der Waals surface area contributed by atoms with Crippen molar-refractivity contribution in [3.8, 4) is 0 Å². The lowest BCUT2D eigenvalue weighted by atomic mass is 9.73. The second-order valence-electron chi connectivity index (χ2n) is 8.34. The van der Waals surface area contributed by atoms with E-state index in [1.807, 2.05) is 11.8 Å². The number of nitrogens with one attached hydrogen (secondary N) is 2. The molecule has 4 rings (SSSR count). The molecular formula is C20H28N6O3. The number of nitrogens with zero attached hydrogens (tertiary/aromatic N) is 4. The van der Waals surface area contributed by atoms with Crippen molar-refractivity contribution >= 4 is 23.8 Å². The van der Waals surface area contributed by atoms with Crippen LogP contribution in [0.3, 0.4) is 0 Å². The Bertz CT molecular complexity index is 788. The summed E-state index contributed by atoms with van der Waals surface area (Å²) < 4.78 is 0. The Morgan fingerprint density at radius 1 is 1.24 bits per heavy atom. The van der Waals surface area contributed by atoms with E-state index >= 15 is 0 Å². The molecule has 3 atom stereocenters. The van der Waals surface area contributed by atoms with Gasteiger partial charge in [0.05, 0.1) is 0 Å². The Kier molecular flexibility index (Phi) is 5.38. The zero-order valence-corrected chi connectivity index (χ0v) is 16.8. The zero-order valence-electron chi connectivity index (χ0n) is 16.8. The lowest BCUT2D eigenvalue weighted by molar-refractivity contribution is -0.137. The highest BCUT2D eigenvalue weighted by molar-refractivity contribution is 6.09. The fourth-order valence-corrected chi connectivity index (χ4v) is 4.79. The monoisotopic (exact) mass is 400 g/mol. The molecule has 3 heterocycles. The normalized spacial score (nSPS) is 29.8. The summed E-state index contributed by atoms with van der Waals surface area (Å²) >= 11 is 0. The molecule has 0 bridgehead atoms. The van der Waals surface area contributed by atoms with E-state index in [1.165, 1.54) is 0 Å². The van der Waals surface area contributed by atoms with Crippen molar-refractivity contribution in [3.63, 3.8) is 0 Å². The predicted octanol–water partition coefficient (Wildman–Crippen LogP) is 1.06. The van der Waals surface area contributed by atoms with Crippen LogP contribution >= 0.6 is 0 Å². The highest BCUT2D eigenvalue weighted by atomic mass is 16.2. The number of amides is 4. The van der Waals surface area contributed by atoms with Crippen LogP contribution in [-0.2, 0) is 9.59 Å². The van der Waals surface area contributed by atoms with E-state index in [2.05, 4.69) is 20.6 Å². The molecule has 3 unspecified atom stereocenters. The fourth-order valence-electron chi connectivity index (χ4n) is 4.79. The van der Waals surface area contributed by atoms with Gasteiger partial charge in [0.15, 0.2) is 0 Å². The van der Waals surface area contributed by atoms with Gasteiger partial charge in [-0.1, -0.05) is 19.8 Å². The predicted molar refractivity (Wildman–Crippen MR) is 106 cm³/mol. The lowest BCUT2D eigenvalue weighted by Gasteiger charge is -2.36. The molecule has 9 nitrogen and oxygen atoms in total. The molecule has 1 saturated carbocycles. The van der Waals surface area contributed by atoms with Crippen LogP contribution in [0.25, 0.3) is 0 Å². The largest absolute Gasteiger partial charge is 0.350 e. The first-order valence-electron chi connectivity index (χ1n) is 10.4. The Morgan fingerprint density at radius 3 is 2.79 bits per heavy atom. The number of rotatable bonds is 4. The molecule has 2 saturated heterocycles. The van der Waals surface area contributed by atoms with Gasteiger partial charge in [-0.25, -0.2) is 14.8 Å². The summed E-state index contributed by atoms with van der Waals surface area (Å²) in [5.41, 5.74) is -0.831. The summed E-state index contributed by atoms with van der Waals surface area (Å²) in [6.07, 6.45) is 8.68. The number of anilines is 1. The number of carbonyl (C=O) groups excluding carboxylic acids is 3. The standard InChI is InChI=1S/C20H28N6O3/c1-14-6-2-3-8-20(14)17(28)26(19(29)24-20)13-16(27)23-15-7-4-11-25(12-15)18-21-9-5-10-22-18/h5,9-10,14-15H,2-4,6-8,11-13H2,1H3,(H,23,27)(H,24,29). The van der Waals surface area contributed by atoms with Gasteiger partial charge in [0, 0.05) is 31.5 Å². The van der Waals surface area contributed by atoms with Gasteiger partial charge in [-0.2, -0.15) is 0 Å². The van der Waals surface area contributed by atoms with Crippen LogP contribution < -0.4 is 15.5 Å². The van der Waals surface area contributed by atoms with Crippen LogP contribution in [0.1, 0.15) is 45.4 Å². The van der Waals surface area contributed by atoms with Crippen LogP contribution in [0.5, 0.6) is 0 Å². The number of carbonyl (C=O) groups is 3. The van der Waals surface area contributed by atoms with E-state index in [4.69, 9.17) is 0 Å². The maximum Gasteiger partial charge on any atom is 0.325 e. The quantitative estimate of drug-likeness (QED) is 0.732. The van der Waals surface area contributed by atoms with E-state index in [-0.39, 0.29) is 30.3 Å². The molecule has 156 valence electrons. The minimum Gasteiger partial charge on any atom is -0.350 e. The fraction of sp³-hybridized carbons (Fsp3) is 0.650. The number of hydrogen-bond acceptors (Lipinski definition) is 6. The van der Waals surface area contributed by atoms with Gasteiger partial charge in [-0.3, -0.25) is 14.5 Å². The molecule has 9 heteroatoms. The Hall–Kier alpha value is -2.71. The van der Waals surface area contributed by atoms with Gasteiger partial charge in [0.25, 0.3) is 5.91 Å². The molecule has 0 radical (unpaired) electrons. The van der Waals surface area contributed by atoms with Gasteiger partial charge in [-0.15, -0.1) is 0 Å². The van der Waals surface area contributed by atoms with Crippen molar-refractivity contribution in [2.24, 2.45) is 5.92 Å². The lowest BCUT2D eigenvalue weighted by Crippen LogP contribution is -2.54. The van der Waals surface area contributed by atoms with E-state index in [0.29, 0.717) is 18.9 Å². The average molecular weight is 400 g/mol. The van der Waals surface area contributed by atoms with Crippen molar-refractivity contribution in [1.82, 2.24) is 25.5 Å². The number of urea groups is 1. The van der Waals surface area contributed by atoms with Crippen LogP contribution in [0.2, 0.25) is 0 Å². The number of hydrogen-bond donors (Lipinski definition) is 2. The molecular weight excluding hydrogens is 372 g/mol. The first-order chi connectivity index (χ1) is 14.0. The summed E-state index contributed by atoms with van der Waals surface area (Å²) in [5, 5.41) is 5.87. The second-order valence-corrected chi connectivity index (χ2v) is 8.34. The van der Waals surface area contributed by atoms with Gasteiger partial charge in [0.1, 0.15) is 12.1 Å². The molecule has 2 aliphatic heterocycles. The number of aromatic nitrogens is 2. The van der Waals surface area contributed by atoms with E-state index in [0.717, 1.165) is 43.5 Å². The van der Waals surface area contributed by atoms with Gasteiger partial charge < -0.3 is 15.5 Å². The smallest absolute Gasteiger partial charge is 0.325 e. The summed E-state index contributed by atoms with van der Waals surface area (Å²) in [6, 6.07) is 1.25. The van der Waals surface area contributed by atoms with Crippen molar-refractivity contribution < 1.29 is 14.4 Å². The van der Waals surface area contributed by atoms with Crippen LogP contribution in [0.15, 0.2) is 18.5 Å². The zero-order chi connectivity index (χ0) is 20.4. The van der Waals surface area contributed by atoms with Gasteiger partial charge in [-0.05, 0) is 37.7 Å². The van der Waals surface area contributed by atoms with Crippen molar-refractivity contribution in [1.29, 1.82) is 0 Å². The van der Waals surface area contributed by atoms with Gasteiger partial charge >= 0.3 is 6.03 Å².